The average Bonchev–Trinajstić information content (AvgIpc) is 2.64. The molecule has 0 saturated carbocycles. The summed E-state index contributed by atoms with van der Waals surface area (Å²) in [6, 6.07) is 6.26. The van der Waals surface area contributed by atoms with E-state index in [1.807, 2.05) is 6.92 Å². The topological polar surface area (TPSA) is 30.0 Å². The largest absolute Gasteiger partial charge is 0.295 e. The summed E-state index contributed by atoms with van der Waals surface area (Å²) >= 11 is 1.44. The Hall–Kier alpha value is -1.48. The zero-order chi connectivity index (χ0) is 11.7. The first-order valence-electron chi connectivity index (χ1n) is 5.12. The molecule has 0 radical (unpaired) electrons. The van der Waals surface area contributed by atoms with Crippen LogP contribution in [0.3, 0.4) is 0 Å². The lowest BCUT2D eigenvalue weighted by Crippen LogP contribution is -1.86. The van der Waals surface area contributed by atoms with E-state index in [1.54, 1.807) is 0 Å². The SMILES string of the molecule is Cc1ccc(-c2nc(C=O)sc2C)cc1C. The molecule has 0 bridgehead atoms. The Balaban J connectivity index is 2.53. The van der Waals surface area contributed by atoms with Gasteiger partial charge in [0.1, 0.15) is 0 Å². The average molecular weight is 231 g/mol. The number of aryl methyl sites for hydroxylation is 3. The smallest absolute Gasteiger partial charge is 0.178 e. The third-order valence-electron chi connectivity index (χ3n) is 2.69. The molecule has 1 aromatic carbocycles. The number of aldehydes is 1. The fourth-order valence-corrected chi connectivity index (χ4v) is 2.38. The van der Waals surface area contributed by atoms with Crippen LogP contribution in [0.1, 0.15) is 25.8 Å². The van der Waals surface area contributed by atoms with Gasteiger partial charge in [0, 0.05) is 10.4 Å². The lowest BCUT2D eigenvalue weighted by molar-refractivity contribution is 0.112. The molecule has 0 aliphatic carbocycles. The summed E-state index contributed by atoms with van der Waals surface area (Å²) in [5.41, 5.74) is 4.53. The Kier molecular flexibility index (Phi) is 2.88. The van der Waals surface area contributed by atoms with Crippen molar-refractivity contribution in [2.45, 2.75) is 20.8 Å². The minimum Gasteiger partial charge on any atom is -0.295 e. The molecule has 82 valence electrons. The second-order valence-electron chi connectivity index (χ2n) is 3.87. The highest BCUT2D eigenvalue weighted by atomic mass is 32.1. The van der Waals surface area contributed by atoms with Crippen LogP contribution in [0.15, 0.2) is 18.2 Å². The van der Waals surface area contributed by atoms with Crippen molar-refractivity contribution in [3.63, 3.8) is 0 Å². The summed E-state index contributed by atoms with van der Waals surface area (Å²) < 4.78 is 0. The molecule has 0 spiro atoms. The van der Waals surface area contributed by atoms with E-state index in [4.69, 9.17) is 0 Å². The highest BCUT2D eigenvalue weighted by Crippen LogP contribution is 2.28. The first-order valence-corrected chi connectivity index (χ1v) is 5.93. The van der Waals surface area contributed by atoms with Gasteiger partial charge in [-0.15, -0.1) is 11.3 Å². The molecule has 2 nitrogen and oxygen atoms in total. The Labute approximate surface area is 99.0 Å². The van der Waals surface area contributed by atoms with E-state index >= 15 is 0 Å². The van der Waals surface area contributed by atoms with Gasteiger partial charge in [-0.1, -0.05) is 12.1 Å². The van der Waals surface area contributed by atoms with Crippen molar-refractivity contribution in [2.24, 2.45) is 0 Å². The van der Waals surface area contributed by atoms with Gasteiger partial charge in [0.05, 0.1) is 5.69 Å². The van der Waals surface area contributed by atoms with Crippen molar-refractivity contribution in [1.29, 1.82) is 0 Å². The first-order chi connectivity index (χ1) is 7.61. The standard InChI is InChI=1S/C13H13NOS/c1-8-4-5-11(6-9(8)2)13-10(3)16-12(7-15)14-13/h4-7H,1-3H3. The Morgan fingerprint density at radius 1 is 1.19 bits per heavy atom. The van der Waals surface area contributed by atoms with Crippen LogP contribution in [-0.2, 0) is 0 Å². The lowest BCUT2D eigenvalue weighted by Gasteiger charge is -2.03. The first kappa shape index (κ1) is 11.0. The van der Waals surface area contributed by atoms with Crippen molar-refractivity contribution in [1.82, 2.24) is 4.98 Å². The van der Waals surface area contributed by atoms with E-state index in [-0.39, 0.29) is 0 Å². The number of carbonyl (C=O) groups excluding carboxylic acids is 1. The van der Waals surface area contributed by atoms with Crippen LogP contribution >= 0.6 is 11.3 Å². The van der Waals surface area contributed by atoms with Crippen LogP contribution in [0.2, 0.25) is 0 Å². The zero-order valence-electron chi connectivity index (χ0n) is 9.57. The van der Waals surface area contributed by atoms with Crippen LogP contribution in [0.5, 0.6) is 0 Å². The number of hydrogen-bond donors (Lipinski definition) is 0. The molecule has 0 saturated heterocycles. The Morgan fingerprint density at radius 3 is 2.50 bits per heavy atom. The zero-order valence-corrected chi connectivity index (χ0v) is 10.4. The number of hydrogen-bond acceptors (Lipinski definition) is 3. The highest BCUT2D eigenvalue weighted by Gasteiger charge is 2.09. The Bertz CT molecular complexity index is 543. The fraction of sp³-hybridized carbons (Fsp3) is 0.231. The minimum absolute atomic E-state index is 0.547. The molecule has 1 heterocycles. The van der Waals surface area contributed by atoms with Crippen LogP contribution in [0.4, 0.5) is 0 Å². The molecule has 0 N–H and O–H groups in total. The molecule has 0 unspecified atom stereocenters. The maximum atomic E-state index is 10.7. The van der Waals surface area contributed by atoms with E-state index in [0.717, 1.165) is 22.4 Å². The summed E-state index contributed by atoms with van der Waals surface area (Å²) in [5.74, 6) is 0. The number of rotatable bonds is 2. The van der Waals surface area contributed by atoms with Crippen LogP contribution in [-0.4, -0.2) is 11.3 Å². The van der Waals surface area contributed by atoms with Crippen molar-refractivity contribution >= 4 is 17.6 Å². The second-order valence-corrected chi connectivity index (χ2v) is 5.11. The van der Waals surface area contributed by atoms with Gasteiger partial charge in [-0.05, 0) is 38.0 Å². The second kappa shape index (κ2) is 4.18. The van der Waals surface area contributed by atoms with Gasteiger partial charge in [-0.25, -0.2) is 4.98 Å². The number of nitrogens with zero attached hydrogens (tertiary/aromatic N) is 1. The van der Waals surface area contributed by atoms with E-state index in [9.17, 15) is 4.79 Å². The summed E-state index contributed by atoms with van der Waals surface area (Å²) in [4.78, 5) is 16.1. The summed E-state index contributed by atoms with van der Waals surface area (Å²) in [7, 11) is 0. The van der Waals surface area contributed by atoms with Gasteiger partial charge in [0.2, 0.25) is 0 Å². The van der Waals surface area contributed by atoms with Gasteiger partial charge in [0.15, 0.2) is 11.3 Å². The minimum atomic E-state index is 0.547. The monoisotopic (exact) mass is 231 g/mol. The van der Waals surface area contributed by atoms with Crippen LogP contribution in [0.25, 0.3) is 11.3 Å². The van der Waals surface area contributed by atoms with Crippen molar-refractivity contribution < 1.29 is 4.79 Å². The van der Waals surface area contributed by atoms with Gasteiger partial charge < -0.3 is 0 Å². The molecule has 0 amide bonds. The maximum absolute atomic E-state index is 10.7. The number of benzene rings is 1. The Morgan fingerprint density at radius 2 is 1.94 bits per heavy atom. The summed E-state index contributed by atoms with van der Waals surface area (Å²) in [6.45, 7) is 6.17. The van der Waals surface area contributed by atoms with Gasteiger partial charge in [-0.3, -0.25) is 4.79 Å². The predicted octanol–water partition coefficient (Wildman–Crippen LogP) is 3.55. The maximum Gasteiger partial charge on any atom is 0.178 e. The number of carbonyl (C=O) groups is 1. The molecule has 16 heavy (non-hydrogen) atoms. The third kappa shape index (κ3) is 1.91. The van der Waals surface area contributed by atoms with Crippen molar-refractivity contribution in [2.75, 3.05) is 0 Å². The number of thiazole rings is 1. The molecule has 0 aliphatic rings. The third-order valence-corrected chi connectivity index (χ3v) is 3.59. The summed E-state index contributed by atoms with van der Waals surface area (Å²) in [6.07, 6.45) is 0.808. The van der Waals surface area contributed by atoms with Gasteiger partial charge in [0.25, 0.3) is 0 Å². The van der Waals surface area contributed by atoms with Gasteiger partial charge >= 0.3 is 0 Å². The van der Waals surface area contributed by atoms with E-state index in [1.165, 1.54) is 22.5 Å². The van der Waals surface area contributed by atoms with Crippen molar-refractivity contribution in [3.8, 4) is 11.3 Å². The quantitative estimate of drug-likeness (QED) is 0.740. The van der Waals surface area contributed by atoms with E-state index in [2.05, 4.69) is 37.0 Å². The number of aromatic nitrogens is 1. The molecular formula is C13H13NOS. The molecule has 0 aliphatic heterocycles. The summed E-state index contributed by atoms with van der Waals surface area (Å²) in [5, 5.41) is 0.547. The highest BCUT2D eigenvalue weighted by molar-refractivity contribution is 7.13. The molecule has 3 heteroatoms. The fourth-order valence-electron chi connectivity index (χ4n) is 1.62. The van der Waals surface area contributed by atoms with Gasteiger partial charge in [-0.2, -0.15) is 0 Å². The van der Waals surface area contributed by atoms with Crippen LogP contribution in [0, 0.1) is 20.8 Å². The normalized spacial score (nSPS) is 10.4. The molecule has 2 rings (SSSR count). The molecule has 0 fully saturated rings. The lowest BCUT2D eigenvalue weighted by atomic mass is 10.0. The molecular weight excluding hydrogens is 218 g/mol. The molecule has 1 aromatic heterocycles. The van der Waals surface area contributed by atoms with E-state index < -0.39 is 0 Å². The predicted molar refractivity (Wildman–Crippen MR) is 67.1 cm³/mol. The van der Waals surface area contributed by atoms with Crippen LogP contribution < -0.4 is 0 Å². The molecule has 2 aromatic rings. The van der Waals surface area contributed by atoms with E-state index in [0.29, 0.717) is 5.01 Å². The van der Waals surface area contributed by atoms with Crippen molar-refractivity contribution in [3.05, 3.63) is 39.2 Å². The molecule has 0 atom stereocenters.